The first-order chi connectivity index (χ1) is 15.6. The summed E-state index contributed by atoms with van der Waals surface area (Å²) in [6, 6.07) is 24.2. The molecular weight excluding hydrogens is 426 g/mol. The predicted octanol–water partition coefficient (Wildman–Crippen LogP) is 4.42. The van der Waals surface area contributed by atoms with Crippen LogP contribution in [0.3, 0.4) is 0 Å². The van der Waals surface area contributed by atoms with Gasteiger partial charge in [0.05, 0.1) is 12.1 Å². The molecule has 3 aromatic carbocycles. The molecule has 0 spiro atoms. The lowest BCUT2D eigenvalue weighted by atomic mass is 10.1. The molecule has 0 radical (unpaired) electrons. The predicted molar refractivity (Wildman–Crippen MR) is 125 cm³/mol. The van der Waals surface area contributed by atoms with E-state index in [-0.39, 0.29) is 18.2 Å². The molecule has 32 heavy (non-hydrogen) atoms. The smallest absolute Gasteiger partial charge is 0.245 e. The number of carbonyl (C=O) groups is 2. The summed E-state index contributed by atoms with van der Waals surface area (Å²) in [4.78, 5) is 26.3. The molecule has 2 amide bonds. The Hall–Kier alpha value is -3.64. The van der Waals surface area contributed by atoms with Gasteiger partial charge in [-0.3, -0.25) is 9.59 Å². The first-order valence-electron chi connectivity index (χ1n) is 10.2. The summed E-state index contributed by atoms with van der Waals surface area (Å²) in [5.41, 5.74) is 5.19. The third-order valence-electron chi connectivity index (χ3n) is 5.15. The first-order valence-corrected chi connectivity index (χ1v) is 10.6. The van der Waals surface area contributed by atoms with E-state index >= 15 is 0 Å². The zero-order valence-corrected chi connectivity index (χ0v) is 18.0. The van der Waals surface area contributed by atoms with Crippen LogP contribution in [0.1, 0.15) is 17.5 Å². The van der Waals surface area contributed by atoms with Crippen molar-refractivity contribution in [3.63, 3.8) is 0 Å². The lowest BCUT2D eigenvalue weighted by Gasteiger charge is -2.16. The van der Waals surface area contributed by atoms with Crippen molar-refractivity contribution in [1.29, 1.82) is 0 Å². The van der Waals surface area contributed by atoms with Crippen LogP contribution < -0.4 is 15.1 Å². The number of ether oxygens (including phenoxy) is 1. The second kappa shape index (κ2) is 10.1. The Morgan fingerprint density at radius 3 is 2.50 bits per heavy atom. The van der Waals surface area contributed by atoms with Crippen LogP contribution in [-0.2, 0) is 16.2 Å². The molecular formula is C25H22ClN3O3. The third kappa shape index (κ3) is 5.53. The fourth-order valence-corrected chi connectivity index (χ4v) is 3.53. The van der Waals surface area contributed by atoms with E-state index in [1.54, 1.807) is 11.1 Å². The van der Waals surface area contributed by atoms with Crippen LogP contribution in [0, 0.1) is 5.92 Å². The van der Waals surface area contributed by atoms with Gasteiger partial charge in [-0.15, -0.1) is 0 Å². The third-order valence-corrected chi connectivity index (χ3v) is 5.40. The van der Waals surface area contributed by atoms with Crippen molar-refractivity contribution >= 4 is 35.3 Å². The van der Waals surface area contributed by atoms with Crippen molar-refractivity contribution in [2.24, 2.45) is 11.0 Å². The molecule has 7 heteroatoms. The van der Waals surface area contributed by atoms with Gasteiger partial charge in [-0.05, 0) is 59.7 Å². The van der Waals surface area contributed by atoms with Gasteiger partial charge in [0.1, 0.15) is 12.4 Å². The van der Waals surface area contributed by atoms with Crippen molar-refractivity contribution in [2.75, 3.05) is 11.4 Å². The van der Waals surface area contributed by atoms with Crippen LogP contribution in [0.25, 0.3) is 0 Å². The van der Waals surface area contributed by atoms with Crippen molar-refractivity contribution in [1.82, 2.24) is 5.43 Å². The Kier molecular flexibility index (Phi) is 6.82. The van der Waals surface area contributed by atoms with Crippen LogP contribution in [-0.4, -0.2) is 24.6 Å². The minimum atomic E-state index is -0.427. The number of para-hydroxylation sites is 1. The van der Waals surface area contributed by atoms with Gasteiger partial charge in [0.25, 0.3) is 0 Å². The average Bonchev–Trinajstić information content (AvgIpc) is 3.22. The van der Waals surface area contributed by atoms with Crippen LogP contribution in [0.4, 0.5) is 5.69 Å². The average molecular weight is 448 g/mol. The summed E-state index contributed by atoms with van der Waals surface area (Å²) >= 11 is 5.89. The van der Waals surface area contributed by atoms with Gasteiger partial charge in [0.2, 0.25) is 11.8 Å². The zero-order valence-electron chi connectivity index (χ0n) is 17.3. The number of nitrogens with zero attached hydrogens (tertiary/aromatic N) is 2. The van der Waals surface area contributed by atoms with Gasteiger partial charge < -0.3 is 9.64 Å². The standard InChI is InChI=1S/C25H22ClN3O3/c26-21-10-6-19(7-11-21)17-32-23-12-8-18(9-13-23)15-27-28-25(31)20-14-24(30)29(16-20)22-4-2-1-3-5-22/h1-13,15,20H,14,16-17H2,(H,28,31)/b27-15-/t20-/m0/s1. The molecule has 0 aromatic heterocycles. The monoisotopic (exact) mass is 447 g/mol. The van der Waals surface area contributed by atoms with E-state index in [1.807, 2.05) is 78.9 Å². The number of carbonyl (C=O) groups excluding carboxylic acids is 2. The molecule has 1 heterocycles. The summed E-state index contributed by atoms with van der Waals surface area (Å²) in [5, 5.41) is 4.72. The highest BCUT2D eigenvalue weighted by molar-refractivity contribution is 6.30. The number of hydrazone groups is 1. The fraction of sp³-hybridized carbons (Fsp3) is 0.160. The van der Waals surface area contributed by atoms with Crippen molar-refractivity contribution < 1.29 is 14.3 Å². The number of nitrogens with one attached hydrogen (secondary N) is 1. The zero-order chi connectivity index (χ0) is 22.3. The van der Waals surface area contributed by atoms with Gasteiger partial charge in [-0.25, -0.2) is 5.43 Å². The molecule has 1 aliphatic rings. The molecule has 0 unspecified atom stereocenters. The summed E-state index contributed by atoms with van der Waals surface area (Å²) < 4.78 is 5.76. The number of rotatable bonds is 7. The fourth-order valence-electron chi connectivity index (χ4n) is 3.40. The molecule has 1 fully saturated rings. The molecule has 0 aliphatic carbocycles. The number of hydrogen-bond acceptors (Lipinski definition) is 4. The van der Waals surface area contributed by atoms with Crippen molar-refractivity contribution in [3.8, 4) is 5.75 Å². The van der Waals surface area contributed by atoms with Gasteiger partial charge in [0, 0.05) is 23.7 Å². The second-order valence-corrected chi connectivity index (χ2v) is 7.90. The minimum absolute atomic E-state index is 0.0606. The highest BCUT2D eigenvalue weighted by atomic mass is 35.5. The lowest BCUT2D eigenvalue weighted by Crippen LogP contribution is -2.30. The van der Waals surface area contributed by atoms with Gasteiger partial charge in [-0.1, -0.05) is 41.9 Å². The Morgan fingerprint density at radius 2 is 1.78 bits per heavy atom. The van der Waals surface area contributed by atoms with Gasteiger partial charge in [0.15, 0.2) is 0 Å². The molecule has 6 nitrogen and oxygen atoms in total. The molecule has 3 aromatic rings. The molecule has 1 N–H and O–H groups in total. The summed E-state index contributed by atoms with van der Waals surface area (Å²) in [6.45, 7) is 0.796. The number of hydrogen-bond donors (Lipinski definition) is 1. The van der Waals surface area contributed by atoms with E-state index in [4.69, 9.17) is 16.3 Å². The van der Waals surface area contributed by atoms with E-state index in [0.29, 0.717) is 18.2 Å². The van der Waals surface area contributed by atoms with E-state index in [1.165, 1.54) is 0 Å². The summed E-state index contributed by atoms with van der Waals surface area (Å²) in [6.07, 6.45) is 1.74. The van der Waals surface area contributed by atoms with Crippen LogP contribution in [0.15, 0.2) is 84.0 Å². The molecule has 0 saturated carbocycles. The quantitative estimate of drug-likeness (QED) is 0.430. The number of anilines is 1. The van der Waals surface area contributed by atoms with Crippen molar-refractivity contribution in [2.45, 2.75) is 13.0 Å². The molecule has 1 atom stereocenters. The maximum Gasteiger partial charge on any atom is 0.245 e. The van der Waals surface area contributed by atoms with E-state index in [9.17, 15) is 9.59 Å². The largest absolute Gasteiger partial charge is 0.489 e. The highest BCUT2D eigenvalue weighted by Gasteiger charge is 2.34. The maximum absolute atomic E-state index is 12.4. The first kappa shape index (κ1) is 21.6. The van der Waals surface area contributed by atoms with Crippen LogP contribution >= 0.6 is 11.6 Å². The van der Waals surface area contributed by atoms with E-state index < -0.39 is 5.92 Å². The summed E-state index contributed by atoms with van der Waals surface area (Å²) in [5.74, 6) is -0.0272. The molecule has 0 bridgehead atoms. The van der Waals surface area contributed by atoms with Gasteiger partial charge >= 0.3 is 0 Å². The molecule has 1 aliphatic heterocycles. The normalized spacial score (nSPS) is 15.8. The summed E-state index contributed by atoms with van der Waals surface area (Å²) in [7, 11) is 0. The molecule has 1 saturated heterocycles. The highest BCUT2D eigenvalue weighted by Crippen LogP contribution is 2.24. The maximum atomic E-state index is 12.4. The minimum Gasteiger partial charge on any atom is -0.489 e. The lowest BCUT2D eigenvalue weighted by molar-refractivity contribution is -0.126. The Morgan fingerprint density at radius 1 is 1.06 bits per heavy atom. The Labute approximate surface area is 191 Å². The molecule has 4 rings (SSSR count). The van der Waals surface area contributed by atoms with E-state index in [2.05, 4.69) is 10.5 Å². The SMILES string of the molecule is O=C(N/N=C\c1ccc(OCc2ccc(Cl)cc2)cc1)[C@H]1CC(=O)N(c2ccccc2)C1. The Bertz CT molecular complexity index is 1100. The topological polar surface area (TPSA) is 71.0 Å². The van der Waals surface area contributed by atoms with Gasteiger partial charge in [-0.2, -0.15) is 5.10 Å². The van der Waals surface area contributed by atoms with Crippen molar-refractivity contribution in [3.05, 3.63) is 95.0 Å². The number of amides is 2. The Balaban J connectivity index is 1.26. The van der Waals surface area contributed by atoms with Crippen LogP contribution in [0.2, 0.25) is 5.02 Å². The van der Waals surface area contributed by atoms with E-state index in [0.717, 1.165) is 22.6 Å². The van der Waals surface area contributed by atoms with Crippen LogP contribution in [0.5, 0.6) is 5.75 Å². The second-order valence-electron chi connectivity index (χ2n) is 7.46. The molecule has 162 valence electrons. The number of halogens is 1. The number of benzene rings is 3.